The van der Waals surface area contributed by atoms with Crippen molar-refractivity contribution in [3.8, 4) is 0 Å². The maximum Gasteiger partial charge on any atom is 0.410 e. The standard InChI is InChI=1S/C17H32N2O3/c1-5-13-6-7-14(10-13)18-11-15-12-21-9-8-19(15)16(20)22-17(2,3)4/h13-15,18H,5-12H2,1-4H3. The topological polar surface area (TPSA) is 50.8 Å². The van der Waals surface area contributed by atoms with E-state index in [1.165, 1.54) is 25.7 Å². The van der Waals surface area contributed by atoms with E-state index in [0.717, 1.165) is 12.5 Å². The molecule has 0 spiro atoms. The monoisotopic (exact) mass is 312 g/mol. The van der Waals surface area contributed by atoms with Gasteiger partial charge in [-0.05, 0) is 46.0 Å². The van der Waals surface area contributed by atoms with Crippen LogP contribution in [-0.4, -0.2) is 55.0 Å². The van der Waals surface area contributed by atoms with Gasteiger partial charge in [-0.1, -0.05) is 13.3 Å². The van der Waals surface area contributed by atoms with E-state index in [-0.39, 0.29) is 12.1 Å². The molecule has 1 aliphatic heterocycles. The lowest BCUT2D eigenvalue weighted by Gasteiger charge is -2.37. The maximum absolute atomic E-state index is 12.3. The summed E-state index contributed by atoms with van der Waals surface area (Å²) in [6, 6.07) is 0.664. The fourth-order valence-corrected chi connectivity index (χ4v) is 3.32. The molecule has 22 heavy (non-hydrogen) atoms. The molecule has 2 fully saturated rings. The first-order chi connectivity index (χ1) is 10.4. The molecule has 0 aromatic rings. The number of carbonyl (C=O) groups excluding carboxylic acids is 1. The summed E-state index contributed by atoms with van der Waals surface area (Å²) in [5.41, 5.74) is -0.451. The largest absolute Gasteiger partial charge is 0.444 e. The second-order valence-electron chi connectivity index (χ2n) is 7.59. The zero-order valence-electron chi connectivity index (χ0n) is 14.6. The minimum absolute atomic E-state index is 0.0734. The molecule has 1 heterocycles. The van der Waals surface area contributed by atoms with Gasteiger partial charge >= 0.3 is 6.09 Å². The van der Waals surface area contributed by atoms with Crippen LogP contribution >= 0.6 is 0 Å². The average Bonchev–Trinajstić information content (AvgIpc) is 2.91. The Morgan fingerprint density at radius 1 is 1.36 bits per heavy atom. The van der Waals surface area contributed by atoms with Crippen LogP contribution in [0.25, 0.3) is 0 Å². The van der Waals surface area contributed by atoms with Gasteiger partial charge in [0.15, 0.2) is 0 Å². The van der Waals surface area contributed by atoms with Gasteiger partial charge in [0.25, 0.3) is 0 Å². The smallest absolute Gasteiger partial charge is 0.410 e. The molecular weight excluding hydrogens is 280 g/mol. The number of nitrogens with one attached hydrogen (secondary N) is 1. The summed E-state index contributed by atoms with van der Waals surface area (Å²) in [5, 5.41) is 3.63. The number of amides is 1. The number of hydrogen-bond donors (Lipinski definition) is 1. The van der Waals surface area contributed by atoms with Gasteiger partial charge in [0, 0.05) is 19.1 Å². The molecule has 0 radical (unpaired) electrons. The summed E-state index contributed by atoms with van der Waals surface area (Å²) >= 11 is 0. The van der Waals surface area contributed by atoms with E-state index in [0.29, 0.717) is 25.8 Å². The SMILES string of the molecule is CCC1CCC(NCC2COCCN2C(=O)OC(C)(C)C)C1. The molecule has 1 amide bonds. The highest BCUT2D eigenvalue weighted by molar-refractivity contribution is 5.68. The van der Waals surface area contributed by atoms with Crippen LogP contribution < -0.4 is 5.32 Å². The van der Waals surface area contributed by atoms with Gasteiger partial charge < -0.3 is 14.8 Å². The zero-order chi connectivity index (χ0) is 16.2. The van der Waals surface area contributed by atoms with Gasteiger partial charge in [0.2, 0.25) is 0 Å². The first-order valence-corrected chi connectivity index (χ1v) is 8.69. The fraction of sp³-hybridized carbons (Fsp3) is 0.941. The van der Waals surface area contributed by atoms with Gasteiger partial charge in [-0.15, -0.1) is 0 Å². The van der Waals surface area contributed by atoms with Crippen LogP contribution in [0.1, 0.15) is 53.4 Å². The van der Waals surface area contributed by atoms with Gasteiger partial charge in [0.05, 0.1) is 19.3 Å². The Bertz CT molecular complexity index is 367. The molecule has 5 heteroatoms. The Morgan fingerprint density at radius 2 is 2.14 bits per heavy atom. The van der Waals surface area contributed by atoms with Crippen LogP contribution in [-0.2, 0) is 9.47 Å². The Labute approximate surface area is 134 Å². The minimum Gasteiger partial charge on any atom is -0.444 e. The molecular formula is C17H32N2O3. The lowest BCUT2D eigenvalue weighted by molar-refractivity contribution is -0.0321. The summed E-state index contributed by atoms with van der Waals surface area (Å²) in [6.45, 7) is 10.6. The number of nitrogens with zero attached hydrogens (tertiary/aromatic N) is 1. The van der Waals surface area contributed by atoms with E-state index in [9.17, 15) is 4.79 Å². The van der Waals surface area contributed by atoms with Crippen molar-refractivity contribution >= 4 is 6.09 Å². The zero-order valence-corrected chi connectivity index (χ0v) is 14.6. The highest BCUT2D eigenvalue weighted by Crippen LogP contribution is 2.28. The lowest BCUT2D eigenvalue weighted by Crippen LogP contribution is -2.54. The maximum atomic E-state index is 12.3. The normalized spacial score (nSPS) is 29.6. The molecule has 3 atom stereocenters. The van der Waals surface area contributed by atoms with Crippen LogP contribution in [0.5, 0.6) is 0 Å². The average molecular weight is 312 g/mol. The van der Waals surface area contributed by atoms with Gasteiger partial charge in [-0.3, -0.25) is 4.90 Å². The van der Waals surface area contributed by atoms with Crippen molar-refractivity contribution in [2.75, 3.05) is 26.3 Å². The predicted molar refractivity (Wildman–Crippen MR) is 87.0 cm³/mol. The Hall–Kier alpha value is -0.810. The third-order valence-corrected chi connectivity index (χ3v) is 4.62. The van der Waals surface area contributed by atoms with Crippen molar-refractivity contribution in [1.82, 2.24) is 10.2 Å². The van der Waals surface area contributed by atoms with E-state index in [1.807, 2.05) is 25.7 Å². The fourth-order valence-electron chi connectivity index (χ4n) is 3.32. The summed E-state index contributed by atoms with van der Waals surface area (Å²) in [4.78, 5) is 14.2. The molecule has 1 N–H and O–H groups in total. The van der Waals surface area contributed by atoms with E-state index in [2.05, 4.69) is 12.2 Å². The van der Waals surface area contributed by atoms with Crippen molar-refractivity contribution in [3.05, 3.63) is 0 Å². The third kappa shape index (κ3) is 5.13. The van der Waals surface area contributed by atoms with Crippen LogP contribution in [0.2, 0.25) is 0 Å². The van der Waals surface area contributed by atoms with Crippen molar-refractivity contribution in [2.45, 2.75) is 71.1 Å². The highest BCUT2D eigenvalue weighted by Gasteiger charge is 2.32. The van der Waals surface area contributed by atoms with Crippen LogP contribution in [0.4, 0.5) is 4.79 Å². The molecule has 1 aliphatic carbocycles. The van der Waals surface area contributed by atoms with Crippen LogP contribution in [0.15, 0.2) is 0 Å². The molecule has 3 unspecified atom stereocenters. The van der Waals surface area contributed by atoms with Crippen molar-refractivity contribution in [1.29, 1.82) is 0 Å². The molecule has 0 aromatic heterocycles. The second-order valence-corrected chi connectivity index (χ2v) is 7.59. The number of ether oxygens (including phenoxy) is 2. The van der Waals surface area contributed by atoms with Gasteiger partial charge in [-0.25, -0.2) is 4.79 Å². The minimum atomic E-state index is -0.451. The van der Waals surface area contributed by atoms with E-state index in [1.54, 1.807) is 0 Å². The van der Waals surface area contributed by atoms with Gasteiger partial charge in [0.1, 0.15) is 5.60 Å². The number of morpholine rings is 1. The van der Waals surface area contributed by atoms with Gasteiger partial charge in [-0.2, -0.15) is 0 Å². The Kier molecular flexibility index (Phi) is 6.09. The van der Waals surface area contributed by atoms with Crippen molar-refractivity contribution in [3.63, 3.8) is 0 Å². The van der Waals surface area contributed by atoms with Crippen molar-refractivity contribution < 1.29 is 14.3 Å². The number of carbonyl (C=O) groups is 1. The highest BCUT2D eigenvalue weighted by atomic mass is 16.6. The van der Waals surface area contributed by atoms with Crippen molar-refractivity contribution in [2.24, 2.45) is 5.92 Å². The molecule has 1 saturated heterocycles. The van der Waals surface area contributed by atoms with E-state index in [4.69, 9.17) is 9.47 Å². The summed E-state index contributed by atoms with van der Waals surface area (Å²) < 4.78 is 11.1. The molecule has 0 aromatic carbocycles. The molecule has 5 nitrogen and oxygen atoms in total. The van der Waals surface area contributed by atoms with Crippen LogP contribution in [0, 0.1) is 5.92 Å². The Morgan fingerprint density at radius 3 is 2.77 bits per heavy atom. The quantitative estimate of drug-likeness (QED) is 0.867. The lowest BCUT2D eigenvalue weighted by atomic mass is 10.1. The number of rotatable bonds is 4. The molecule has 2 rings (SSSR count). The molecule has 0 bridgehead atoms. The third-order valence-electron chi connectivity index (χ3n) is 4.62. The van der Waals surface area contributed by atoms with E-state index >= 15 is 0 Å². The molecule has 1 saturated carbocycles. The second kappa shape index (κ2) is 7.64. The molecule has 2 aliphatic rings. The molecule has 128 valence electrons. The first-order valence-electron chi connectivity index (χ1n) is 8.69. The first kappa shape index (κ1) is 17.5. The Balaban J connectivity index is 1.83. The number of hydrogen-bond acceptors (Lipinski definition) is 4. The summed E-state index contributed by atoms with van der Waals surface area (Å²) in [6.07, 6.45) is 4.88. The summed E-state index contributed by atoms with van der Waals surface area (Å²) in [5.74, 6) is 0.863. The summed E-state index contributed by atoms with van der Waals surface area (Å²) in [7, 11) is 0. The van der Waals surface area contributed by atoms with Crippen LogP contribution in [0.3, 0.4) is 0 Å². The predicted octanol–water partition coefficient (Wildman–Crippen LogP) is 2.79. The van der Waals surface area contributed by atoms with E-state index < -0.39 is 5.60 Å².